The largest absolute Gasteiger partial charge is 0.358 e. The van der Waals surface area contributed by atoms with Crippen molar-refractivity contribution in [2.45, 2.75) is 57.4 Å². The van der Waals surface area contributed by atoms with Gasteiger partial charge in [0.15, 0.2) is 0 Å². The van der Waals surface area contributed by atoms with Gasteiger partial charge in [-0.1, -0.05) is 48.0 Å². The fourth-order valence-electron chi connectivity index (χ4n) is 4.83. The van der Waals surface area contributed by atoms with Gasteiger partial charge in [-0.05, 0) is 93.0 Å². The summed E-state index contributed by atoms with van der Waals surface area (Å²) < 4.78 is 47.5. The van der Waals surface area contributed by atoms with Gasteiger partial charge in [0.2, 0.25) is 5.88 Å². The average molecular weight is 505 g/mol. The Balaban J connectivity index is 1.63. The third kappa shape index (κ3) is 4.67. The number of halogens is 1. The smallest absolute Gasteiger partial charge is 0.340 e. The Morgan fingerprint density at radius 1 is 0.917 bits per heavy atom. The lowest BCUT2D eigenvalue weighted by Crippen LogP contribution is -2.17. The van der Waals surface area contributed by atoms with Crippen molar-refractivity contribution in [1.29, 1.82) is 0 Å². The fourth-order valence-corrected chi connectivity index (χ4v) is 5.76. The number of benzene rings is 3. The van der Waals surface area contributed by atoms with Gasteiger partial charge in [0.05, 0.1) is 17.3 Å². The van der Waals surface area contributed by atoms with E-state index in [1.165, 1.54) is 36.1 Å². The predicted octanol–water partition coefficient (Wildman–Crippen LogP) is 6.56. The molecule has 1 unspecified atom stereocenters. The van der Waals surface area contributed by atoms with Crippen LogP contribution in [-0.4, -0.2) is 18.2 Å². The van der Waals surface area contributed by atoms with E-state index in [0.29, 0.717) is 11.3 Å². The zero-order chi connectivity index (χ0) is 25.4. The normalized spacial score (nSPS) is 14.3. The highest BCUT2D eigenvalue weighted by Gasteiger charge is 2.28. The van der Waals surface area contributed by atoms with Gasteiger partial charge in [0, 0.05) is 0 Å². The zero-order valence-electron chi connectivity index (χ0n) is 20.7. The molecule has 1 aliphatic carbocycles. The summed E-state index contributed by atoms with van der Waals surface area (Å²) in [6, 6.07) is 18.6. The Morgan fingerprint density at radius 3 is 2.28 bits per heavy atom. The lowest BCUT2D eigenvalue weighted by Gasteiger charge is -2.21. The third-order valence-corrected chi connectivity index (χ3v) is 8.12. The Hall–Kier alpha value is -3.45. The Morgan fingerprint density at radius 2 is 1.58 bits per heavy atom. The first-order valence-corrected chi connectivity index (χ1v) is 13.6. The van der Waals surface area contributed by atoms with Crippen LogP contribution in [-0.2, 0) is 23.0 Å². The van der Waals surface area contributed by atoms with Crippen LogP contribution in [0.2, 0.25) is 0 Å². The standard InChI is InChI=1S/C29H29FN2O3S/c1-19-8-10-23(11-9-19)28-20(2)31-32(21(3)24-13-12-22-6-4-5-7-25(22)18-24)29(28)35-36(33,34)27-16-14-26(30)15-17-27/h8-18,21H,4-7H2,1-3H3. The number of nitrogens with zero attached hydrogens (tertiary/aromatic N) is 2. The molecule has 5 rings (SSSR count). The van der Waals surface area contributed by atoms with E-state index in [4.69, 9.17) is 9.28 Å². The van der Waals surface area contributed by atoms with E-state index in [-0.39, 0.29) is 16.8 Å². The Bertz CT molecular complexity index is 1510. The predicted molar refractivity (Wildman–Crippen MR) is 138 cm³/mol. The van der Waals surface area contributed by atoms with Crippen molar-refractivity contribution in [2.24, 2.45) is 0 Å². The summed E-state index contributed by atoms with van der Waals surface area (Å²) in [5, 5.41) is 4.76. The third-order valence-electron chi connectivity index (χ3n) is 6.89. The molecule has 4 aromatic rings. The topological polar surface area (TPSA) is 61.2 Å². The second-order valence-corrected chi connectivity index (χ2v) is 11.0. The van der Waals surface area contributed by atoms with E-state index in [0.717, 1.165) is 41.7 Å². The minimum Gasteiger partial charge on any atom is -0.358 e. The molecule has 0 saturated heterocycles. The highest BCUT2D eigenvalue weighted by molar-refractivity contribution is 7.87. The van der Waals surface area contributed by atoms with Crippen molar-refractivity contribution in [3.05, 3.63) is 100 Å². The summed E-state index contributed by atoms with van der Waals surface area (Å²) in [6.07, 6.45) is 4.52. The van der Waals surface area contributed by atoms with Crippen molar-refractivity contribution in [2.75, 3.05) is 0 Å². The molecule has 0 spiro atoms. The van der Waals surface area contributed by atoms with Crippen LogP contribution in [0, 0.1) is 19.7 Å². The first-order valence-electron chi connectivity index (χ1n) is 12.2. The number of aromatic nitrogens is 2. The minimum atomic E-state index is -4.24. The van der Waals surface area contributed by atoms with Crippen molar-refractivity contribution in [1.82, 2.24) is 9.78 Å². The molecular weight excluding hydrogens is 475 g/mol. The van der Waals surface area contributed by atoms with E-state index in [2.05, 4.69) is 18.2 Å². The molecule has 0 bridgehead atoms. The van der Waals surface area contributed by atoms with E-state index in [1.54, 1.807) is 4.68 Å². The van der Waals surface area contributed by atoms with Gasteiger partial charge in [-0.15, -0.1) is 0 Å². The highest BCUT2D eigenvalue weighted by atomic mass is 32.2. The van der Waals surface area contributed by atoms with Gasteiger partial charge in [-0.3, -0.25) is 0 Å². The Kier molecular flexibility index (Phi) is 6.43. The minimum absolute atomic E-state index is 0.120. The average Bonchev–Trinajstić information content (AvgIpc) is 3.19. The molecule has 1 aliphatic rings. The van der Waals surface area contributed by atoms with Crippen LogP contribution in [0.4, 0.5) is 4.39 Å². The summed E-state index contributed by atoms with van der Waals surface area (Å²) in [4.78, 5) is -0.120. The van der Waals surface area contributed by atoms with Crippen LogP contribution in [0.15, 0.2) is 71.6 Å². The number of hydrogen-bond acceptors (Lipinski definition) is 4. The van der Waals surface area contributed by atoms with E-state index in [9.17, 15) is 12.8 Å². The fraction of sp³-hybridized carbons (Fsp3) is 0.276. The number of aryl methyl sites for hydroxylation is 4. The van der Waals surface area contributed by atoms with Gasteiger partial charge in [-0.25, -0.2) is 9.07 Å². The van der Waals surface area contributed by atoms with Crippen molar-refractivity contribution >= 4 is 10.1 Å². The zero-order valence-corrected chi connectivity index (χ0v) is 21.5. The molecule has 1 heterocycles. The van der Waals surface area contributed by atoms with Crippen LogP contribution in [0.1, 0.15) is 53.8 Å². The first-order chi connectivity index (χ1) is 17.2. The van der Waals surface area contributed by atoms with Crippen molar-refractivity contribution < 1.29 is 17.0 Å². The lowest BCUT2D eigenvalue weighted by molar-refractivity contribution is 0.426. The van der Waals surface area contributed by atoms with Gasteiger partial charge in [0.1, 0.15) is 10.7 Å². The molecule has 7 heteroatoms. The molecule has 1 atom stereocenters. The van der Waals surface area contributed by atoms with Gasteiger partial charge in [0.25, 0.3) is 0 Å². The molecule has 5 nitrogen and oxygen atoms in total. The number of fused-ring (bicyclic) bond motifs is 1. The van der Waals surface area contributed by atoms with E-state index >= 15 is 0 Å². The molecule has 0 N–H and O–H groups in total. The second-order valence-electron chi connectivity index (χ2n) is 9.48. The number of hydrogen-bond donors (Lipinski definition) is 0. The van der Waals surface area contributed by atoms with Crippen LogP contribution in [0.3, 0.4) is 0 Å². The summed E-state index contributed by atoms with van der Waals surface area (Å²) >= 11 is 0. The second kappa shape index (κ2) is 9.54. The first kappa shape index (κ1) is 24.3. The molecule has 1 aromatic heterocycles. The van der Waals surface area contributed by atoms with Crippen LogP contribution in [0.5, 0.6) is 5.88 Å². The quantitative estimate of drug-likeness (QED) is 0.279. The number of rotatable bonds is 6. The molecule has 0 amide bonds. The van der Waals surface area contributed by atoms with Crippen molar-refractivity contribution in [3.8, 4) is 17.0 Å². The lowest BCUT2D eigenvalue weighted by atomic mass is 9.89. The molecule has 36 heavy (non-hydrogen) atoms. The van der Waals surface area contributed by atoms with Crippen LogP contribution in [0.25, 0.3) is 11.1 Å². The molecule has 3 aromatic carbocycles. The summed E-state index contributed by atoms with van der Waals surface area (Å²) in [7, 11) is -4.24. The summed E-state index contributed by atoms with van der Waals surface area (Å²) in [5.74, 6) is -0.373. The maximum Gasteiger partial charge on any atom is 0.340 e. The summed E-state index contributed by atoms with van der Waals surface area (Å²) in [6.45, 7) is 5.84. The molecular formula is C29H29FN2O3S. The molecule has 0 aliphatic heterocycles. The molecule has 0 saturated carbocycles. The Labute approximate surface area is 211 Å². The van der Waals surface area contributed by atoms with E-state index < -0.39 is 15.9 Å². The maximum absolute atomic E-state index is 13.5. The van der Waals surface area contributed by atoms with Crippen LogP contribution >= 0.6 is 0 Å². The van der Waals surface area contributed by atoms with Gasteiger partial charge < -0.3 is 4.18 Å². The van der Waals surface area contributed by atoms with Crippen LogP contribution < -0.4 is 4.18 Å². The van der Waals surface area contributed by atoms with Crippen molar-refractivity contribution in [3.63, 3.8) is 0 Å². The highest BCUT2D eigenvalue weighted by Crippen LogP contribution is 2.39. The maximum atomic E-state index is 13.5. The molecule has 186 valence electrons. The van der Waals surface area contributed by atoms with Gasteiger partial charge >= 0.3 is 10.1 Å². The molecule has 0 fully saturated rings. The molecule has 0 radical (unpaired) electrons. The van der Waals surface area contributed by atoms with E-state index in [1.807, 2.05) is 45.0 Å². The van der Waals surface area contributed by atoms with Gasteiger partial charge in [-0.2, -0.15) is 13.5 Å². The SMILES string of the molecule is Cc1ccc(-c2c(C)nn(C(C)c3ccc4c(c3)CCCC4)c2OS(=O)(=O)c2ccc(F)cc2)cc1. The monoisotopic (exact) mass is 504 g/mol. The summed E-state index contributed by atoms with van der Waals surface area (Å²) in [5.41, 5.74) is 6.94.